The van der Waals surface area contributed by atoms with Crippen molar-refractivity contribution in [1.82, 2.24) is 4.98 Å². The number of aromatic nitrogens is 1. The Morgan fingerprint density at radius 1 is 1.26 bits per heavy atom. The zero-order chi connectivity index (χ0) is 13.4. The average Bonchev–Trinajstić information content (AvgIpc) is 2.81. The number of phenolic OH excluding ortho intramolecular Hbond substituents is 1. The molecule has 0 aliphatic carbocycles. The molecule has 3 rings (SSSR count). The van der Waals surface area contributed by atoms with Crippen molar-refractivity contribution in [3.8, 4) is 17.1 Å². The maximum Gasteiger partial charge on any atom is 0.166 e. The highest BCUT2D eigenvalue weighted by Crippen LogP contribution is 2.30. The molecule has 0 fully saturated rings. The summed E-state index contributed by atoms with van der Waals surface area (Å²) in [6.45, 7) is 0. The van der Waals surface area contributed by atoms with Crippen LogP contribution in [-0.2, 0) is 0 Å². The molecule has 2 N–H and O–H groups in total. The van der Waals surface area contributed by atoms with Gasteiger partial charge in [0.1, 0.15) is 17.1 Å². The van der Waals surface area contributed by atoms with E-state index in [4.69, 9.17) is 4.42 Å². The van der Waals surface area contributed by atoms with Crippen LogP contribution < -0.4 is 5.32 Å². The standard InChI is InChI=1S/C14H11FN2O2/c1-16-14-11(15)5-9(7-17-14)13-6-8-4-10(18)2-3-12(8)19-13/h2-7,18H,1H3,(H,16,17). The van der Waals surface area contributed by atoms with E-state index in [1.165, 1.54) is 12.3 Å². The van der Waals surface area contributed by atoms with Gasteiger partial charge >= 0.3 is 0 Å². The first kappa shape index (κ1) is 11.5. The molecular formula is C14H11FN2O2. The van der Waals surface area contributed by atoms with E-state index >= 15 is 0 Å². The summed E-state index contributed by atoms with van der Waals surface area (Å²) in [5.74, 6) is 0.421. The summed E-state index contributed by atoms with van der Waals surface area (Å²) in [6.07, 6.45) is 1.53. The van der Waals surface area contributed by atoms with Crippen LogP contribution in [0.4, 0.5) is 10.2 Å². The van der Waals surface area contributed by atoms with Gasteiger partial charge in [-0.25, -0.2) is 9.37 Å². The lowest BCUT2D eigenvalue weighted by atomic mass is 10.2. The van der Waals surface area contributed by atoms with Gasteiger partial charge in [-0.05, 0) is 30.3 Å². The molecule has 4 nitrogen and oxygen atoms in total. The Balaban J connectivity index is 2.11. The molecule has 0 saturated heterocycles. The van der Waals surface area contributed by atoms with Gasteiger partial charge in [-0.15, -0.1) is 0 Å². The number of pyridine rings is 1. The number of furan rings is 1. The third-order valence-electron chi connectivity index (χ3n) is 2.86. The quantitative estimate of drug-likeness (QED) is 0.739. The first-order chi connectivity index (χ1) is 9.17. The number of anilines is 1. The molecule has 0 spiro atoms. The molecule has 0 aliphatic heterocycles. The minimum Gasteiger partial charge on any atom is -0.508 e. The number of hydrogen-bond acceptors (Lipinski definition) is 4. The van der Waals surface area contributed by atoms with Crippen molar-refractivity contribution in [3.05, 3.63) is 42.3 Å². The largest absolute Gasteiger partial charge is 0.508 e. The molecule has 0 amide bonds. The van der Waals surface area contributed by atoms with Gasteiger partial charge in [-0.3, -0.25) is 0 Å². The summed E-state index contributed by atoms with van der Waals surface area (Å²) in [5, 5.41) is 12.8. The second-order valence-electron chi connectivity index (χ2n) is 4.14. The van der Waals surface area contributed by atoms with Crippen LogP contribution in [0.25, 0.3) is 22.3 Å². The molecule has 96 valence electrons. The van der Waals surface area contributed by atoms with Crippen LogP contribution in [0.3, 0.4) is 0 Å². The number of hydrogen-bond donors (Lipinski definition) is 2. The van der Waals surface area contributed by atoms with Crippen LogP contribution in [0.5, 0.6) is 5.75 Å². The predicted molar refractivity (Wildman–Crippen MR) is 70.6 cm³/mol. The fourth-order valence-corrected chi connectivity index (χ4v) is 1.93. The molecule has 19 heavy (non-hydrogen) atoms. The second kappa shape index (κ2) is 4.28. The molecule has 3 aromatic rings. The smallest absolute Gasteiger partial charge is 0.166 e. The minimum absolute atomic E-state index is 0.162. The summed E-state index contributed by atoms with van der Waals surface area (Å²) >= 11 is 0. The van der Waals surface area contributed by atoms with Crippen LogP contribution in [0, 0.1) is 5.82 Å². The van der Waals surface area contributed by atoms with E-state index in [0.29, 0.717) is 16.9 Å². The normalized spacial score (nSPS) is 10.8. The molecular weight excluding hydrogens is 247 g/mol. The summed E-state index contributed by atoms with van der Waals surface area (Å²) in [6, 6.07) is 7.90. The highest BCUT2D eigenvalue weighted by molar-refractivity contribution is 5.84. The highest BCUT2D eigenvalue weighted by atomic mass is 19.1. The van der Waals surface area contributed by atoms with E-state index in [-0.39, 0.29) is 11.6 Å². The lowest BCUT2D eigenvalue weighted by Gasteiger charge is -2.02. The Kier molecular flexibility index (Phi) is 2.59. The SMILES string of the molecule is CNc1ncc(-c2cc3cc(O)ccc3o2)cc1F. The number of halogens is 1. The molecule has 0 bridgehead atoms. The van der Waals surface area contributed by atoms with E-state index in [1.807, 2.05) is 0 Å². The molecule has 2 heterocycles. The molecule has 0 unspecified atom stereocenters. The van der Waals surface area contributed by atoms with E-state index < -0.39 is 5.82 Å². The summed E-state index contributed by atoms with van der Waals surface area (Å²) in [7, 11) is 1.61. The van der Waals surface area contributed by atoms with Crippen LogP contribution in [0.2, 0.25) is 0 Å². The first-order valence-electron chi connectivity index (χ1n) is 5.73. The zero-order valence-corrected chi connectivity index (χ0v) is 10.1. The van der Waals surface area contributed by atoms with Crippen molar-refractivity contribution in [1.29, 1.82) is 0 Å². The van der Waals surface area contributed by atoms with Crippen LogP contribution in [0.15, 0.2) is 40.9 Å². The summed E-state index contributed by atoms with van der Waals surface area (Å²) in [4.78, 5) is 3.97. The van der Waals surface area contributed by atoms with Crippen LogP contribution in [-0.4, -0.2) is 17.1 Å². The van der Waals surface area contributed by atoms with E-state index in [9.17, 15) is 9.50 Å². The van der Waals surface area contributed by atoms with Crippen LogP contribution >= 0.6 is 0 Å². The minimum atomic E-state index is -0.441. The third-order valence-corrected chi connectivity index (χ3v) is 2.86. The van der Waals surface area contributed by atoms with E-state index in [1.54, 1.807) is 31.3 Å². The van der Waals surface area contributed by atoms with Crippen molar-refractivity contribution in [2.45, 2.75) is 0 Å². The molecule has 0 atom stereocenters. The average molecular weight is 258 g/mol. The van der Waals surface area contributed by atoms with Crippen molar-refractivity contribution < 1.29 is 13.9 Å². The Morgan fingerprint density at radius 3 is 2.84 bits per heavy atom. The number of phenols is 1. The maximum atomic E-state index is 13.6. The lowest BCUT2D eigenvalue weighted by Crippen LogP contribution is -1.96. The van der Waals surface area contributed by atoms with E-state index in [2.05, 4.69) is 10.3 Å². The molecule has 0 radical (unpaired) electrons. The Hall–Kier alpha value is -2.56. The lowest BCUT2D eigenvalue weighted by molar-refractivity contribution is 0.476. The molecule has 0 saturated carbocycles. The first-order valence-corrected chi connectivity index (χ1v) is 5.73. The van der Waals surface area contributed by atoms with Gasteiger partial charge in [0.15, 0.2) is 11.6 Å². The number of benzene rings is 1. The predicted octanol–water partition coefficient (Wildman–Crippen LogP) is 3.38. The molecule has 0 aliphatic rings. The molecule has 1 aromatic carbocycles. The van der Waals surface area contributed by atoms with Gasteiger partial charge in [0, 0.05) is 24.2 Å². The van der Waals surface area contributed by atoms with Crippen molar-refractivity contribution in [2.75, 3.05) is 12.4 Å². The number of rotatable bonds is 2. The van der Waals surface area contributed by atoms with Crippen LogP contribution in [0.1, 0.15) is 0 Å². The Bertz CT molecular complexity index is 752. The van der Waals surface area contributed by atoms with Gasteiger partial charge in [-0.2, -0.15) is 0 Å². The molecule has 2 aromatic heterocycles. The van der Waals surface area contributed by atoms with Crippen molar-refractivity contribution in [3.63, 3.8) is 0 Å². The summed E-state index contributed by atoms with van der Waals surface area (Å²) < 4.78 is 19.2. The van der Waals surface area contributed by atoms with Gasteiger partial charge in [0.25, 0.3) is 0 Å². The highest BCUT2D eigenvalue weighted by Gasteiger charge is 2.10. The number of nitrogens with one attached hydrogen (secondary N) is 1. The third kappa shape index (κ3) is 1.99. The monoisotopic (exact) mass is 258 g/mol. The summed E-state index contributed by atoms with van der Waals surface area (Å²) in [5.41, 5.74) is 1.18. The fourth-order valence-electron chi connectivity index (χ4n) is 1.93. The van der Waals surface area contributed by atoms with Gasteiger partial charge in [0.05, 0.1) is 0 Å². The number of aromatic hydroxyl groups is 1. The number of fused-ring (bicyclic) bond motifs is 1. The van der Waals surface area contributed by atoms with Crippen molar-refractivity contribution >= 4 is 16.8 Å². The Labute approximate surface area is 108 Å². The zero-order valence-electron chi connectivity index (χ0n) is 10.1. The second-order valence-corrected chi connectivity index (χ2v) is 4.14. The van der Waals surface area contributed by atoms with Crippen molar-refractivity contribution in [2.24, 2.45) is 0 Å². The number of nitrogens with zero attached hydrogens (tertiary/aromatic N) is 1. The van der Waals surface area contributed by atoms with Gasteiger partial charge in [-0.1, -0.05) is 0 Å². The van der Waals surface area contributed by atoms with Gasteiger partial charge in [0.2, 0.25) is 0 Å². The van der Waals surface area contributed by atoms with E-state index in [0.717, 1.165) is 5.39 Å². The topological polar surface area (TPSA) is 58.3 Å². The van der Waals surface area contributed by atoms with Gasteiger partial charge < -0.3 is 14.8 Å². The maximum absolute atomic E-state index is 13.6. The molecule has 5 heteroatoms. The Morgan fingerprint density at radius 2 is 2.11 bits per heavy atom. The fraction of sp³-hybridized carbons (Fsp3) is 0.0714.